The van der Waals surface area contributed by atoms with Gasteiger partial charge in [0.15, 0.2) is 0 Å². The second-order valence-electron chi connectivity index (χ2n) is 6.93. The van der Waals surface area contributed by atoms with E-state index in [1.807, 2.05) is 30.3 Å². The monoisotopic (exact) mass is 337 g/mol. The second kappa shape index (κ2) is 8.15. The quantitative estimate of drug-likeness (QED) is 0.616. The molecule has 0 heterocycles. The zero-order chi connectivity index (χ0) is 18.4. The lowest BCUT2D eigenvalue weighted by atomic mass is 10.0. The molecule has 0 aliphatic rings. The van der Waals surface area contributed by atoms with E-state index in [1.54, 1.807) is 34.6 Å². The highest BCUT2D eigenvalue weighted by atomic mass is 16.6. The number of nitrogens with one attached hydrogen (secondary N) is 1. The molecule has 0 saturated carbocycles. The van der Waals surface area contributed by atoms with Crippen LogP contribution >= 0.6 is 0 Å². The average molecular weight is 337 g/mol. The fraction of sp³-hybridized carbons (Fsp3) is 0.556. The molecule has 1 atom stereocenters. The lowest BCUT2D eigenvalue weighted by Crippen LogP contribution is -2.57. The summed E-state index contributed by atoms with van der Waals surface area (Å²) < 4.78 is 10.2. The van der Waals surface area contributed by atoms with Crippen LogP contribution in [0, 0.1) is 0 Å². The number of ether oxygens (including phenoxy) is 2. The van der Waals surface area contributed by atoms with Crippen LogP contribution in [0.2, 0.25) is 0 Å². The van der Waals surface area contributed by atoms with Gasteiger partial charge in [0.1, 0.15) is 5.60 Å². The number of benzene rings is 1. The minimum Gasteiger partial charge on any atom is -0.459 e. The molecule has 1 aromatic carbocycles. The molecule has 2 N–H and O–H groups in total. The lowest BCUT2D eigenvalue weighted by molar-refractivity contribution is -0.173. The number of alkyl carbamates (subject to hydrolysis) is 1. The maximum atomic E-state index is 12.3. The van der Waals surface area contributed by atoms with Crippen LogP contribution in [0.25, 0.3) is 0 Å². The van der Waals surface area contributed by atoms with Crippen molar-refractivity contribution in [2.24, 2.45) is 0 Å². The van der Waals surface area contributed by atoms with Gasteiger partial charge in [0.05, 0.1) is 6.10 Å². The highest BCUT2D eigenvalue weighted by Crippen LogP contribution is 2.17. The third kappa shape index (κ3) is 7.00. The largest absolute Gasteiger partial charge is 0.459 e. The Balaban J connectivity index is 2.85. The molecule has 1 amide bonds. The van der Waals surface area contributed by atoms with Crippen molar-refractivity contribution in [3.05, 3.63) is 35.9 Å². The second-order valence-corrected chi connectivity index (χ2v) is 6.93. The number of aliphatic hydroxyl groups is 1. The van der Waals surface area contributed by atoms with Crippen molar-refractivity contribution in [3.63, 3.8) is 0 Å². The molecule has 0 unspecified atom stereocenters. The zero-order valence-corrected chi connectivity index (χ0v) is 15.0. The molecule has 0 aliphatic heterocycles. The van der Waals surface area contributed by atoms with E-state index in [0.717, 1.165) is 5.56 Å². The first-order valence-electron chi connectivity index (χ1n) is 8.00. The number of amides is 1. The SMILES string of the molecule is CC(C)OC(=O)[C@@](O)(CCc1ccccc1)NC(=O)OC(C)(C)C. The molecule has 1 aromatic rings. The summed E-state index contributed by atoms with van der Waals surface area (Å²) in [6.07, 6.45) is -0.928. The number of carbonyl (C=O) groups excluding carboxylic acids is 2. The van der Waals surface area contributed by atoms with Gasteiger partial charge >= 0.3 is 12.1 Å². The third-order valence-electron chi connectivity index (χ3n) is 3.01. The fourth-order valence-electron chi connectivity index (χ4n) is 1.97. The van der Waals surface area contributed by atoms with Gasteiger partial charge in [0, 0.05) is 6.42 Å². The smallest absolute Gasteiger partial charge is 0.410 e. The number of hydrogen-bond donors (Lipinski definition) is 2. The number of aryl methyl sites for hydroxylation is 1. The molecule has 0 spiro atoms. The van der Waals surface area contributed by atoms with Gasteiger partial charge in [-0.05, 0) is 46.6 Å². The number of rotatable bonds is 6. The Kier molecular flexibility index (Phi) is 6.78. The summed E-state index contributed by atoms with van der Waals surface area (Å²) in [5.41, 5.74) is -1.96. The van der Waals surface area contributed by atoms with Crippen molar-refractivity contribution >= 4 is 12.1 Å². The Morgan fingerprint density at radius 3 is 2.25 bits per heavy atom. The molecule has 0 saturated heterocycles. The molecule has 0 bridgehead atoms. The van der Waals surface area contributed by atoms with E-state index in [2.05, 4.69) is 5.32 Å². The summed E-state index contributed by atoms with van der Waals surface area (Å²) in [4.78, 5) is 24.2. The predicted octanol–water partition coefficient (Wildman–Crippen LogP) is 2.78. The number of carbonyl (C=O) groups is 2. The minimum atomic E-state index is -2.15. The Hall–Kier alpha value is -2.08. The van der Waals surface area contributed by atoms with Gasteiger partial charge in [-0.2, -0.15) is 0 Å². The maximum Gasteiger partial charge on any atom is 0.410 e. The van der Waals surface area contributed by atoms with E-state index in [0.29, 0.717) is 6.42 Å². The van der Waals surface area contributed by atoms with Crippen molar-refractivity contribution in [2.75, 3.05) is 0 Å². The highest BCUT2D eigenvalue weighted by molar-refractivity contribution is 5.84. The van der Waals surface area contributed by atoms with E-state index in [9.17, 15) is 14.7 Å². The van der Waals surface area contributed by atoms with Gasteiger partial charge in [0.2, 0.25) is 5.72 Å². The van der Waals surface area contributed by atoms with E-state index in [-0.39, 0.29) is 6.42 Å². The van der Waals surface area contributed by atoms with E-state index >= 15 is 0 Å². The third-order valence-corrected chi connectivity index (χ3v) is 3.01. The molecule has 134 valence electrons. The van der Waals surface area contributed by atoms with Gasteiger partial charge in [0.25, 0.3) is 0 Å². The molecule has 6 nitrogen and oxygen atoms in total. The standard InChI is InChI=1S/C18H27NO5/c1-13(2)23-15(20)18(22,19-16(21)24-17(3,4)5)12-11-14-9-7-6-8-10-14/h6-10,13,22H,11-12H2,1-5H3,(H,19,21)/t18-/m0/s1. The van der Waals surface area contributed by atoms with Crippen LogP contribution in [-0.4, -0.2) is 34.6 Å². The van der Waals surface area contributed by atoms with Crippen LogP contribution < -0.4 is 5.32 Å². The van der Waals surface area contributed by atoms with Crippen LogP contribution in [-0.2, 0) is 20.7 Å². The molecular weight excluding hydrogens is 310 g/mol. The molecule has 1 rings (SSSR count). The van der Waals surface area contributed by atoms with Crippen molar-refractivity contribution < 1.29 is 24.2 Å². The molecule has 24 heavy (non-hydrogen) atoms. The summed E-state index contributed by atoms with van der Waals surface area (Å²) >= 11 is 0. The van der Waals surface area contributed by atoms with Crippen LogP contribution in [0.4, 0.5) is 4.79 Å². The Bertz CT molecular complexity index is 550. The predicted molar refractivity (Wildman–Crippen MR) is 90.3 cm³/mol. The topological polar surface area (TPSA) is 84.9 Å². The van der Waals surface area contributed by atoms with E-state index < -0.39 is 29.5 Å². The number of hydrogen-bond acceptors (Lipinski definition) is 5. The summed E-state index contributed by atoms with van der Waals surface area (Å²) in [5, 5.41) is 12.9. The van der Waals surface area contributed by atoms with Gasteiger partial charge in [-0.15, -0.1) is 0 Å². The first kappa shape index (κ1) is 20.0. The van der Waals surface area contributed by atoms with Gasteiger partial charge in [-0.1, -0.05) is 30.3 Å². The maximum absolute atomic E-state index is 12.3. The van der Waals surface area contributed by atoms with E-state index in [1.165, 1.54) is 0 Å². The van der Waals surface area contributed by atoms with E-state index in [4.69, 9.17) is 9.47 Å². The molecule has 0 radical (unpaired) electrons. The van der Waals surface area contributed by atoms with Gasteiger partial charge in [-0.25, -0.2) is 9.59 Å². The van der Waals surface area contributed by atoms with Crippen LogP contribution in [0.1, 0.15) is 46.6 Å². The fourth-order valence-corrected chi connectivity index (χ4v) is 1.97. The molecular formula is C18H27NO5. The van der Waals surface area contributed by atoms with Crippen LogP contribution in [0.3, 0.4) is 0 Å². The van der Waals surface area contributed by atoms with Gasteiger partial charge in [-0.3, -0.25) is 5.32 Å². The minimum absolute atomic E-state index is 0.0260. The molecule has 0 fully saturated rings. The van der Waals surface area contributed by atoms with Gasteiger partial charge < -0.3 is 14.6 Å². The summed E-state index contributed by atoms with van der Waals surface area (Å²) in [7, 11) is 0. The van der Waals surface area contributed by atoms with Crippen LogP contribution in [0.15, 0.2) is 30.3 Å². The molecule has 0 aliphatic carbocycles. The Morgan fingerprint density at radius 1 is 1.17 bits per heavy atom. The van der Waals surface area contributed by atoms with Crippen molar-refractivity contribution in [1.82, 2.24) is 5.32 Å². The van der Waals surface area contributed by atoms with Crippen molar-refractivity contribution in [1.29, 1.82) is 0 Å². The van der Waals surface area contributed by atoms with Crippen LogP contribution in [0.5, 0.6) is 0 Å². The molecule has 0 aromatic heterocycles. The lowest BCUT2D eigenvalue weighted by Gasteiger charge is -2.29. The van der Waals surface area contributed by atoms with Crippen molar-refractivity contribution in [3.8, 4) is 0 Å². The summed E-state index contributed by atoms with van der Waals surface area (Å²) in [6.45, 7) is 8.43. The Morgan fingerprint density at radius 2 is 1.75 bits per heavy atom. The average Bonchev–Trinajstić information content (AvgIpc) is 2.43. The number of esters is 1. The summed E-state index contributed by atoms with van der Waals surface area (Å²) in [5.74, 6) is -0.903. The molecule has 6 heteroatoms. The first-order chi connectivity index (χ1) is 11.0. The highest BCUT2D eigenvalue weighted by Gasteiger charge is 2.40. The summed E-state index contributed by atoms with van der Waals surface area (Å²) in [6, 6.07) is 9.36. The first-order valence-corrected chi connectivity index (χ1v) is 8.00. The normalized spacial score (nSPS) is 14.0. The Labute approximate surface area is 143 Å². The van der Waals surface area contributed by atoms with Crippen molar-refractivity contribution in [2.45, 2.75) is 64.9 Å². The zero-order valence-electron chi connectivity index (χ0n) is 15.0.